The number of rotatable bonds is 9. The van der Waals surface area contributed by atoms with Gasteiger partial charge in [-0.2, -0.15) is 0 Å². The van der Waals surface area contributed by atoms with Gasteiger partial charge in [-0.05, 0) is 13.8 Å². The third kappa shape index (κ3) is 6.05. The van der Waals surface area contributed by atoms with Crippen LogP contribution in [0.15, 0.2) is 0 Å². The summed E-state index contributed by atoms with van der Waals surface area (Å²) in [6.45, 7) is 8.23. The lowest BCUT2D eigenvalue weighted by Gasteiger charge is -2.26. The van der Waals surface area contributed by atoms with Gasteiger partial charge in [0.1, 0.15) is 0 Å². The Morgan fingerprint density at radius 1 is 1.25 bits per heavy atom. The van der Waals surface area contributed by atoms with Gasteiger partial charge in [0, 0.05) is 32.7 Å². The first-order valence-corrected chi connectivity index (χ1v) is 5.90. The number of nitrogens with zero attached hydrogens (tertiary/aromatic N) is 1. The molecular formula is C11H24N2O3. The lowest BCUT2D eigenvalue weighted by atomic mass is 10.3. The topological polar surface area (TPSA) is 64.8 Å². The van der Waals surface area contributed by atoms with Gasteiger partial charge in [-0.15, -0.1) is 0 Å². The second kappa shape index (κ2) is 9.57. The highest BCUT2D eigenvalue weighted by Crippen LogP contribution is 2.02. The molecule has 0 saturated heterocycles. The highest BCUT2D eigenvalue weighted by atomic mass is 16.7. The number of hydrogen-bond acceptors (Lipinski definition) is 4. The van der Waals surface area contributed by atoms with E-state index < -0.39 is 0 Å². The van der Waals surface area contributed by atoms with Crippen molar-refractivity contribution in [3.8, 4) is 0 Å². The average Bonchev–Trinajstić information content (AvgIpc) is 2.28. The van der Waals surface area contributed by atoms with Crippen LogP contribution in [0.4, 0.5) is 0 Å². The summed E-state index contributed by atoms with van der Waals surface area (Å²) in [5.74, 6) is 0.0786. The van der Waals surface area contributed by atoms with Gasteiger partial charge in [0.25, 0.3) is 0 Å². The molecule has 0 aromatic carbocycles. The number of nitrogens with two attached hydrogens (primary N) is 1. The van der Waals surface area contributed by atoms with E-state index in [1.54, 1.807) is 4.90 Å². The summed E-state index contributed by atoms with van der Waals surface area (Å²) >= 11 is 0. The molecule has 0 aliphatic heterocycles. The summed E-state index contributed by atoms with van der Waals surface area (Å²) in [6.07, 6.45) is 0.127. The zero-order chi connectivity index (χ0) is 12.4. The van der Waals surface area contributed by atoms with Crippen LogP contribution in [0, 0.1) is 0 Å². The highest BCUT2D eigenvalue weighted by Gasteiger charge is 2.17. The van der Waals surface area contributed by atoms with Crippen molar-refractivity contribution in [2.24, 2.45) is 5.73 Å². The van der Waals surface area contributed by atoms with Crippen LogP contribution in [0.5, 0.6) is 0 Å². The van der Waals surface area contributed by atoms with Gasteiger partial charge in [-0.1, -0.05) is 6.92 Å². The fraction of sp³-hybridized carbons (Fsp3) is 0.909. The van der Waals surface area contributed by atoms with Crippen molar-refractivity contribution in [3.63, 3.8) is 0 Å². The minimum Gasteiger partial charge on any atom is -0.351 e. The predicted molar refractivity (Wildman–Crippen MR) is 63.0 cm³/mol. The van der Waals surface area contributed by atoms with Crippen LogP contribution in [0.3, 0.4) is 0 Å². The highest BCUT2D eigenvalue weighted by molar-refractivity contribution is 5.75. The number of amides is 1. The molecule has 0 aliphatic rings. The van der Waals surface area contributed by atoms with Crippen molar-refractivity contribution in [2.75, 3.05) is 32.8 Å². The molecule has 0 saturated carbocycles. The summed E-state index contributed by atoms with van der Waals surface area (Å²) in [4.78, 5) is 13.3. The molecule has 0 atom stereocenters. The fourth-order valence-electron chi connectivity index (χ4n) is 1.40. The van der Waals surface area contributed by atoms with Gasteiger partial charge in [0.2, 0.25) is 5.91 Å². The first kappa shape index (κ1) is 15.3. The number of ether oxygens (including phenoxy) is 2. The Bertz CT molecular complexity index is 182. The van der Waals surface area contributed by atoms with Gasteiger partial charge >= 0.3 is 0 Å². The Balaban J connectivity index is 4.25. The summed E-state index contributed by atoms with van der Waals surface area (Å²) in [5.41, 5.74) is 5.47. The van der Waals surface area contributed by atoms with Crippen molar-refractivity contribution < 1.29 is 14.3 Å². The molecule has 0 spiro atoms. The van der Waals surface area contributed by atoms with E-state index in [1.807, 2.05) is 20.8 Å². The van der Waals surface area contributed by atoms with Gasteiger partial charge in [0.05, 0.1) is 6.54 Å². The lowest BCUT2D eigenvalue weighted by molar-refractivity contribution is -0.158. The maximum atomic E-state index is 11.6. The zero-order valence-electron chi connectivity index (χ0n) is 10.6. The second-order valence-electron chi connectivity index (χ2n) is 3.32. The molecule has 0 rings (SSSR count). The van der Waals surface area contributed by atoms with Gasteiger partial charge < -0.3 is 20.1 Å². The van der Waals surface area contributed by atoms with Gasteiger partial charge in [-0.25, -0.2) is 0 Å². The first-order valence-electron chi connectivity index (χ1n) is 5.90. The molecule has 0 fully saturated rings. The van der Waals surface area contributed by atoms with Crippen LogP contribution in [-0.2, 0) is 14.3 Å². The monoisotopic (exact) mass is 232 g/mol. The summed E-state index contributed by atoms with van der Waals surface area (Å²) in [6, 6.07) is 0. The maximum Gasteiger partial charge on any atom is 0.222 e. The Hall–Kier alpha value is -0.650. The van der Waals surface area contributed by atoms with Gasteiger partial charge in [0.15, 0.2) is 6.29 Å². The SMILES string of the molecule is CCOC(CN(CCN)C(=O)CC)OCC. The Labute approximate surface area is 97.9 Å². The molecule has 5 nitrogen and oxygen atoms in total. The summed E-state index contributed by atoms with van der Waals surface area (Å²) < 4.78 is 10.8. The molecule has 0 unspecified atom stereocenters. The molecule has 0 aromatic heterocycles. The van der Waals surface area contributed by atoms with Crippen LogP contribution in [0.2, 0.25) is 0 Å². The number of carbonyl (C=O) groups excluding carboxylic acids is 1. The number of carbonyl (C=O) groups is 1. The molecule has 0 radical (unpaired) electrons. The van der Waals surface area contributed by atoms with Gasteiger partial charge in [-0.3, -0.25) is 4.79 Å². The molecule has 96 valence electrons. The fourth-order valence-corrected chi connectivity index (χ4v) is 1.40. The molecular weight excluding hydrogens is 208 g/mol. The maximum absolute atomic E-state index is 11.6. The van der Waals surface area contributed by atoms with Crippen molar-refractivity contribution in [1.82, 2.24) is 4.90 Å². The van der Waals surface area contributed by atoms with E-state index in [9.17, 15) is 4.79 Å². The van der Waals surface area contributed by atoms with E-state index in [4.69, 9.17) is 15.2 Å². The predicted octanol–water partition coefficient (Wildman–Crippen LogP) is 0.583. The van der Waals surface area contributed by atoms with Crippen molar-refractivity contribution >= 4 is 5.91 Å². The van der Waals surface area contributed by atoms with E-state index in [-0.39, 0.29) is 12.2 Å². The molecule has 5 heteroatoms. The molecule has 2 N–H and O–H groups in total. The standard InChI is InChI=1S/C11H24N2O3/c1-4-10(14)13(8-7-12)9-11(15-5-2)16-6-3/h11H,4-9,12H2,1-3H3. The Morgan fingerprint density at radius 2 is 1.81 bits per heavy atom. The van der Waals surface area contributed by atoms with E-state index in [0.29, 0.717) is 39.3 Å². The summed E-state index contributed by atoms with van der Waals surface area (Å²) in [5, 5.41) is 0. The van der Waals surface area contributed by atoms with E-state index in [2.05, 4.69) is 0 Å². The lowest BCUT2D eigenvalue weighted by Crippen LogP contribution is -2.42. The normalized spacial score (nSPS) is 10.8. The molecule has 0 aromatic rings. The van der Waals surface area contributed by atoms with E-state index >= 15 is 0 Å². The summed E-state index contributed by atoms with van der Waals surface area (Å²) in [7, 11) is 0. The van der Waals surface area contributed by atoms with Crippen LogP contribution < -0.4 is 5.73 Å². The molecule has 0 heterocycles. The largest absolute Gasteiger partial charge is 0.351 e. The Kier molecular flexibility index (Phi) is 9.18. The first-order chi connectivity index (χ1) is 7.69. The number of hydrogen-bond donors (Lipinski definition) is 1. The smallest absolute Gasteiger partial charge is 0.222 e. The van der Waals surface area contributed by atoms with E-state index in [0.717, 1.165) is 0 Å². The Morgan fingerprint density at radius 3 is 2.19 bits per heavy atom. The minimum atomic E-state index is -0.350. The van der Waals surface area contributed by atoms with Crippen LogP contribution in [-0.4, -0.2) is 49.9 Å². The third-order valence-corrected chi connectivity index (χ3v) is 2.13. The molecule has 16 heavy (non-hydrogen) atoms. The van der Waals surface area contributed by atoms with Crippen LogP contribution >= 0.6 is 0 Å². The average molecular weight is 232 g/mol. The minimum absolute atomic E-state index is 0.0786. The van der Waals surface area contributed by atoms with E-state index in [1.165, 1.54) is 0 Å². The molecule has 1 amide bonds. The molecule has 0 aliphatic carbocycles. The molecule has 0 bridgehead atoms. The quantitative estimate of drug-likeness (QED) is 0.591. The van der Waals surface area contributed by atoms with Crippen molar-refractivity contribution in [2.45, 2.75) is 33.5 Å². The zero-order valence-corrected chi connectivity index (χ0v) is 10.6. The van der Waals surface area contributed by atoms with Crippen molar-refractivity contribution in [1.29, 1.82) is 0 Å². The third-order valence-electron chi connectivity index (χ3n) is 2.13. The van der Waals surface area contributed by atoms with Crippen LogP contribution in [0.1, 0.15) is 27.2 Å². The van der Waals surface area contributed by atoms with Crippen LogP contribution in [0.25, 0.3) is 0 Å². The second-order valence-corrected chi connectivity index (χ2v) is 3.32. The van der Waals surface area contributed by atoms with Crippen molar-refractivity contribution in [3.05, 3.63) is 0 Å².